The van der Waals surface area contributed by atoms with Crippen LogP contribution in [0, 0.1) is 27.7 Å². The van der Waals surface area contributed by atoms with Crippen LogP contribution in [0.25, 0.3) is 0 Å². The maximum absolute atomic E-state index is 11.1. The smallest absolute Gasteiger partial charge is 0.0721 e. The van der Waals surface area contributed by atoms with E-state index in [-0.39, 0.29) is 0 Å². The van der Waals surface area contributed by atoms with Crippen molar-refractivity contribution in [3.8, 4) is 0 Å². The standard InChI is InChI=1S/C12H15BrO2/c1-6-7(2)9(4)11(12(14)15)10(5-13)8(6)3/h5H2,1-4H3,(H,14,15)/p-1. The summed E-state index contributed by atoms with van der Waals surface area (Å²) in [6.45, 7) is 7.74. The molecule has 0 amide bonds. The lowest BCUT2D eigenvalue weighted by atomic mass is 9.90. The van der Waals surface area contributed by atoms with Crippen molar-refractivity contribution in [1.29, 1.82) is 0 Å². The molecule has 0 aliphatic carbocycles. The Balaban J connectivity index is 3.70. The number of carbonyl (C=O) groups excluding carboxylic acids is 1. The van der Waals surface area contributed by atoms with Crippen LogP contribution in [0.3, 0.4) is 0 Å². The van der Waals surface area contributed by atoms with Crippen LogP contribution in [0.15, 0.2) is 0 Å². The van der Waals surface area contributed by atoms with Crippen molar-refractivity contribution in [2.45, 2.75) is 33.0 Å². The molecule has 2 nitrogen and oxygen atoms in total. The number of carboxylic acids is 1. The minimum Gasteiger partial charge on any atom is -0.545 e. The number of benzene rings is 1. The molecule has 0 saturated heterocycles. The third-order valence-electron chi connectivity index (χ3n) is 3.15. The molecular weight excluding hydrogens is 256 g/mol. The van der Waals surface area contributed by atoms with E-state index in [1.807, 2.05) is 27.7 Å². The molecule has 0 spiro atoms. The number of aromatic carboxylic acids is 1. The second-order valence-electron chi connectivity index (χ2n) is 3.77. The van der Waals surface area contributed by atoms with Crippen molar-refractivity contribution >= 4 is 21.9 Å². The molecule has 0 N–H and O–H groups in total. The number of alkyl halides is 1. The minimum atomic E-state index is -1.09. The van der Waals surface area contributed by atoms with Crippen LogP contribution in [-0.4, -0.2) is 5.97 Å². The van der Waals surface area contributed by atoms with E-state index >= 15 is 0 Å². The van der Waals surface area contributed by atoms with Gasteiger partial charge in [0, 0.05) is 10.9 Å². The average molecular weight is 270 g/mol. The lowest BCUT2D eigenvalue weighted by molar-refractivity contribution is -0.255. The summed E-state index contributed by atoms with van der Waals surface area (Å²) >= 11 is 3.33. The molecule has 0 aliphatic rings. The van der Waals surface area contributed by atoms with E-state index in [1.54, 1.807) is 0 Å². The first kappa shape index (κ1) is 12.2. The highest BCUT2D eigenvalue weighted by Gasteiger charge is 2.14. The van der Waals surface area contributed by atoms with E-state index in [9.17, 15) is 9.90 Å². The van der Waals surface area contributed by atoms with Gasteiger partial charge in [0.25, 0.3) is 0 Å². The van der Waals surface area contributed by atoms with Crippen molar-refractivity contribution in [2.75, 3.05) is 0 Å². The molecule has 15 heavy (non-hydrogen) atoms. The number of carboxylic acid groups (broad SMARTS) is 1. The molecule has 0 aromatic heterocycles. The Labute approximate surface area is 98.4 Å². The van der Waals surface area contributed by atoms with Crippen LogP contribution in [-0.2, 0) is 5.33 Å². The molecule has 0 saturated carbocycles. The summed E-state index contributed by atoms with van der Waals surface area (Å²) < 4.78 is 0. The van der Waals surface area contributed by atoms with Crippen molar-refractivity contribution in [2.24, 2.45) is 0 Å². The first-order valence-corrected chi connectivity index (χ1v) is 5.90. The molecule has 82 valence electrons. The molecule has 0 fully saturated rings. The molecule has 1 aromatic carbocycles. The van der Waals surface area contributed by atoms with Gasteiger partial charge in [-0.2, -0.15) is 0 Å². The van der Waals surface area contributed by atoms with Crippen LogP contribution in [0.1, 0.15) is 38.2 Å². The fraction of sp³-hybridized carbons (Fsp3) is 0.417. The zero-order valence-corrected chi connectivity index (χ0v) is 11.0. The van der Waals surface area contributed by atoms with Gasteiger partial charge < -0.3 is 9.90 Å². The number of halogens is 1. The summed E-state index contributed by atoms with van der Waals surface area (Å²) in [7, 11) is 0. The minimum absolute atomic E-state index is 0.340. The molecule has 1 rings (SSSR count). The quantitative estimate of drug-likeness (QED) is 0.773. The predicted molar refractivity (Wildman–Crippen MR) is 62.4 cm³/mol. The Bertz CT molecular complexity index is 422. The lowest BCUT2D eigenvalue weighted by Gasteiger charge is -2.20. The zero-order chi connectivity index (χ0) is 11.7. The maximum Gasteiger partial charge on any atom is 0.0721 e. The van der Waals surface area contributed by atoms with Gasteiger partial charge in [-0.3, -0.25) is 0 Å². The van der Waals surface area contributed by atoms with E-state index in [4.69, 9.17) is 0 Å². The van der Waals surface area contributed by atoms with Crippen molar-refractivity contribution in [3.05, 3.63) is 33.4 Å². The SMILES string of the molecule is Cc1c(C)c(C)c(C(=O)[O-])c(CBr)c1C. The van der Waals surface area contributed by atoms with Gasteiger partial charge in [0.15, 0.2) is 0 Å². The number of rotatable bonds is 2. The molecule has 0 aliphatic heterocycles. The largest absolute Gasteiger partial charge is 0.545 e. The first-order chi connectivity index (χ1) is 6.91. The first-order valence-electron chi connectivity index (χ1n) is 4.78. The van der Waals surface area contributed by atoms with Gasteiger partial charge >= 0.3 is 0 Å². The van der Waals surface area contributed by atoms with Gasteiger partial charge in [-0.1, -0.05) is 15.9 Å². The summed E-state index contributed by atoms with van der Waals surface area (Å²) in [4.78, 5) is 11.1. The molecule has 1 aromatic rings. The molecule has 3 heteroatoms. The van der Waals surface area contributed by atoms with Gasteiger partial charge in [-0.05, 0) is 55.5 Å². The van der Waals surface area contributed by atoms with Crippen LogP contribution in [0.2, 0.25) is 0 Å². The third-order valence-corrected chi connectivity index (χ3v) is 3.72. The van der Waals surface area contributed by atoms with Gasteiger partial charge in [0.05, 0.1) is 5.97 Å². The Kier molecular flexibility index (Phi) is 3.55. The lowest BCUT2D eigenvalue weighted by Crippen LogP contribution is -2.26. The van der Waals surface area contributed by atoms with Crippen LogP contribution in [0.5, 0.6) is 0 Å². The predicted octanol–water partition coefficient (Wildman–Crippen LogP) is 2.18. The summed E-state index contributed by atoms with van der Waals surface area (Å²) in [5.74, 6) is -1.09. The number of carbonyl (C=O) groups is 1. The maximum atomic E-state index is 11.1. The van der Waals surface area contributed by atoms with Crippen LogP contribution in [0.4, 0.5) is 0 Å². The molecule has 0 bridgehead atoms. The molecule has 0 atom stereocenters. The van der Waals surface area contributed by atoms with Crippen molar-refractivity contribution in [1.82, 2.24) is 0 Å². The van der Waals surface area contributed by atoms with Crippen molar-refractivity contribution < 1.29 is 9.90 Å². The van der Waals surface area contributed by atoms with Crippen molar-refractivity contribution in [3.63, 3.8) is 0 Å². The van der Waals surface area contributed by atoms with Gasteiger partial charge in [0.1, 0.15) is 0 Å². The van der Waals surface area contributed by atoms with Crippen LogP contribution >= 0.6 is 15.9 Å². The normalized spacial score (nSPS) is 10.5. The van der Waals surface area contributed by atoms with E-state index in [1.165, 1.54) is 0 Å². The Morgan fingerprint density at radius 2 is 1.53 bits per heavy atom. The molecular formula is C12H14BrO2-. The third kappa shape index (κ3) is 1.93. The Morgan fingerprint density at radius 1 is 1.07 bits per heavy atom. The summed E-state index contributed by atoms with van der Waals surface area (Å²) in [6, 6.07) is 0. The molecule has 0 radical (unpaired) electrons. The van der Waals surface area contributed by atoms with Gasteiger partial charge in [-0.15, -0.1) is 0 Å². The summed E-state index contributed by atoms with van der Waals surface area (Å²) in [5, 5.41) is 11.6. The molecule has 0 heterocycles. The number of hydrogen-bond donors (Lipinski definition) is 0. The van der Waals surface area contributed by atoms with E-state index in [0.29, 0.717) is 10.9 Å². The Morgan fingerprint density at radius 3 is 1.93 bits per heavy atom. The highest BCUT2D eigenvalue weighted by Crippen LogP contribution is 2.27. The second-order valence-corrected chi connectivity index (χ2v) is 4.34. The summed E-state index contributed by atoms with van der Waals surface area (Å²) in [5.41, 5.74) is 5.22. The van der Waals surface area contributed by atoms with Gasteiger partial charge in [-0.25, -0.2) is 0 Å². The van der Waals surface area contributed by atoms with E-state index in [0.717, 1.165) is 27.8 Å². The zero-order valence-electron chi connectivity index (χ0n) is 9.40. The highest BCUT2D eigenvalue weighted by atomic mass is 79.9. The fourth-order valence-electron chi connectivity index (χ4n) is 1.83. The van der Waals surface area contributed by atoms with Gasteiger partial charge in [0.2, 0.25) is 0 Å². The topological polar surface area (TPSA) is 40.1 Å². The monoisotopic (exact) mass is 269 g/mol. The summed E-state index contributed by atoms with van der Waals surface area (Å²) in [6.07, 6.45) is 0. The molecule has 0 unspecified atom stereocenters. The second kappa shape index (κ2) is 4.35. The van der Waals surface area contributed by atoms with E-state index in [2.05, 4.69) is 15.9 Å². The highest BCUT2D eigenvalue weighted by molar-refractivity contribution is 9.08. The Hall–Kier alpha value is -0.830. The average Bonchev–Trinajstić information content (AvgIpc) is 2.19. The van der Waals surface area contributed by atoms with Crippen LogP contribution < -0.4 is 5.11 Å². The fourth-order valence-corrected chi connectivity index (χ4v) is 2.53. The van der Waals surface area contributed by atoms with E-state index < -0.39 is 5.97 Å². The number of hydrogen-bond acceptors (Lipinski definition) is 2.